The average Bonchev–Trinajstić information content (AvgIpc) is 3.27. The molecule has 1 aliphatic rings. The van der Waals surface area contributed by atoms with Gasteiger partial charge in [0.25, 0.3) is 0 Å². The maximum absolute atomic E-state index is 13.0. The number of ketones is 1. The van der Waals surface area contributed by atoms with Gasteiger partial charge < -0.3 is 16.0 Å². The third kappa shape index (κ3) is 2.56. The number of carbonyl (C=O) groups is 1. The number of nitrogens with zero attached hydrogens (tertiary/aromatic N) is 3. The number of aryl methyl sites for hydroxylation is 1. The van der Waals surface area contributed by atoms with E-state index < -0.39 is 0 Å². The molecule has 0 radical (unpaired) electrons. The Morgan fingerprint density at radius 1 is 1.21 bits per heavy atom. The topological polar surface area (TPSA) is 102 Å². The van der Waals surface area contributed by atoms with E-state index in [1.54, 1.807) is 4.68 Å². The molecule has 0 unspecified atom stereocenters. The van der Waals surface area contributed by atoms with Crippen molar-refractivity contribution in [1.82, 2.24) is 19.7 Å². The van der Waals surface area contributed by atoms with Crippen LogP contribution in [0.5, 0.6) is 0 Å². The summed E-state index contributed by atoms with van der Waals surface area (Å²) in [6, 6.07) is 13.6. The highest BCUT2D eigenvalue weighted by molar-refractivity contribution is 6.13. The number of para-hydroxylation sites is 1. The lowest BCUT2D eigenvalue weighted by Gasteiger charge is -2.18. The molecule has 5 rings (SSSR count). The molecule has 0 aliphatic carbocycles. The first-order valence-corrected chi connectivity index (χ1v) is 9.00. The Hall–Kier alpha value is -3.87. The van der Waals surface area contributed by atoms with E-state index in [1.807, 2.05) is 55.5 Å². The molecule has 7 nitrogen and oxygen atoms in total. The first-order valence-electron chi connectivity index (χ1n) is 9.00. The van der Waals surface area contributed by atoms with Crippen molar-refractivity contribution < 1.29 is 4.79 Å². The van der Waals surface area contributed by atoms with E-state index in [0.717, 1.165) is 33.8 Å². The van der Waals surface area contributed by atoms with Crippen LogP contribution in [0.4, 0.5) is 11.5 Å². The van der Waals surface area contributed by atoms with Crippen LogP contribution in [0.25, 0.3) is 16.7 Å². The number of hydrogen-bond donors (Lipinski definition) is 3. The number of H-pyrrole nitrogens is 1. The zero-order chi connectivity index (χ0) is 19.3. The van der Waals surface area contributed by atoms with Gasteiger partial charge in [0.05, 0.1) is 34.2 Å². The van der Waals surface area contributed by atoms with Crippen molar-refractivity contribution in [2.24, 2.45) is 0 Å². The third-order valence-electron chi connectivity index (χ3n) is 4.94. The number of anilines is 2. The van der Waals surface area contributed by atoms with Gasteiger partial charge >= 0.3 is 0 Å². The minimum atomic E-state index is -0.170. The van der Waals surface area contributed by atoms with Gasteiger partial charge in [0.2, 0.25) is 5.78 Å². The summed E-state index contributed by atoms with van der Waals surface area (Å²) >= 11 is 0. The van der Waals surface area contributed by atoms with Gasteiger partial charge in [-0.15, -0.1) is 0 Å². The van der Waals surface area contributed by atoms with Crippen molar-refractivity contribution in [3.05, 3.63) is 77.4 Å². The number of imidazole rings is 1. The van der Waals surface area contributed by atoms with E-state index in [-0.39, 0.29) is 5.78 Å². The third-order valence-corrected chi connectivity index (χ3v) is 4.94. The summed E-state index contributed by atoms with van der Waals surface area (Å²) in [5.41, 5.74) is 11.8. The standard InChI is InChI=1S/C21H18N6O/c1-12-24-17-9-7-14(10-19(17)25-12)27-21(22)15(11-23-27)20(28)18-8-6-13-4-2-3-5-16(13)26-18/h2-5,7-11,26H,6,22H2,1H3,(H,24,25). The summed E-state index contributed by atoms with van der Waals surface area (Å²) in [4.78, 5) is 20.6. The molecule has 0 amide bonds. The lowest BCUT2D eigenvalue weighted by atomic mass is 10.0. The maximum Gasteiger partial charge on any atom is 0.214 e. The number of allylic oxidation sites excluding steroid dienone is 2. The van der Waals surface area contributed by atoms with Crippen molar-refractivity contribution in [3.63, 3.8) is 0 Å². The van der Waals surface area contributed by atoms with Gasteiger partial charge in [-0.1, -0.05) is 24.3 Å². The Morgan fingerprint density at radius 3 is 2.96 bits per heavy atom. The van der Waals surface area contributed by atoms with Gasteiger partial charge in [0.15, 0.2) is 0 Å². The Morgan fingerprint density at radius 2 is 2.07 bits per heavy atom. The second-order valence-corrected chi connectivity index (χ2v) is 6.81. The van der Waals surface area contributed by atoms with Crippen LogP contribution in [-0.2, 0) is 6.42 Å². The molecule has 1 aliphatic heterocycles. The number of nitrogens with two attached hydrogens (primary N) is 1. The lowest BCUT2D eigenvalue weighted by Crippen LogP contribution is -2.17. The predicted octanol–water partition coefficient (Wildman–Crippen LogP) is 3.37. The minimum absolute atomic E-state index is 0.170. The predicted molar refractivity (Wildman–Crippen MR) is 109 cm³/mol. The number of Topliss-reactive ketones (excluding diaryl/α,β-unsaturated/α-hetero) is 1. The Balaban J connectivity index is 1.48. The summed E-state index contributed by atoms with van der Waals surface area (Å²) in [5.74, 6) is 0.978. The Kier molecular flexibility index (Phi) is 3.55. The first-order chi connectivity index (χ1) is 13.6. The van der Waals surface area contributed by atoms with E-state index in [4.69, 9.17) is 5.73 Å². The minimum Gasteiger partial charge on any atom is -0.383 e. The maximum atomic E-state index is 13.0. The number of benzene rings is 2. The van der Waals surface area contributed by atoms with Crippen molar-refractivity contribution in [3.8, 4) is 5.69 Å². The van der Waals surface area contributed by atoms with Crippen LogP contribution in [0.3, 0.4) is 0 Å². The molecule has 0 saturated heterocycles. The van der Waals surface area contributed by atoms with E-state index in [2.05, 4.69) is 20.4 Å². The molecular weight excluding hydrogens is 352 g/mol. The molecule has 2 aromatic carbocycles. The summed E-state index contributed by atoms with van der Waals surface area (Å²) in [6.45, 7) is 1.90. The van der Waals surface area contributed by atoms with E-state index >= 15 is 0 Å². The molecule has 28 heavy (non-hydrogen) atoms. The fraction of sp³-hybridized carbons (Fsp3) is 0.0952. The lowest BCUT2D eigenvalue weighted by molar-refractivity contribution is 0.103. The molecule has 2 aromatic heterocycles. The molecule has 7 heteroatoms. The summed E-state index contributed by atoms with van der Waals surface area (Å²) in [5, 5.41) is 7.55. The van der Waals surface area contributed by atoms with Crippen LogP contribution in [0.15, 0.2) is 60.4 Å². The summed E-state index contributed by atoms with van der Waals surface area (Å²) in [7, 11) is 0. The van der Waals surface area contributed by atoms with Crippen molar-refractivity contribution in [1.29, 1.82) is 0 Å². The van der Waals surface area contributed by atoms with Gasteiger partial charge in [-0.25, -0.2) is 9.67 Å². The van der Waals surface area contributed by atoms with Gasteiger partial charge in [-0.05, 0) is 43.2 Å². The van der Waals surface area contributed by atoms with Crippen molar-refractivity contribution in [2.75, 3.05) is 11.1 Å². The van der Waals surface area contributed by atoms with Crippen molar-refractivity contribution >= 4 is 28.3 Å². The largest absolute Gasteiger partial charge is 0.383 e. The molecule has 0 spiro atoms. The average molecular weight is 370 g/mol. The number of nitrogen functional groups attached to an aromatic ring is 1. The summed E-state index contributed by atoms with van der Waals surface area (Å²) < 4.78 is 1.57. The van der Waals surface area contributed by atoms with Gasteiger partial charge in [-0.3, -0.25) is 4.79 Å². The number of hydrogen-bond acceptors (Lipinski definition) is 5. The van der Waals surface area contributed by atoms with E-state index in [1.165, 1.54) is 6.20 Å². The number of nitrogens with one attached hydrogen (secondary N) is 2. The molecule has 0 atom stereocenters. The normalized spacial score (nSPS) is 13.1. The molecule has 0 saturated carbocycles. The zero-order valence-electron chi connectivity index (χ0n) is 15.2. The molecule has 4 aromatic rings. The molecule has 3 heterocycles. The Labute approximate surface area is 160 Å². The molecule has 0 fully saturated rings. The van der Waals surface area contributed by atoms with Gasteiger partial charge in [-0.2, -0.15) is 5.10 Å². The number of rotatable bonds is 3. The molecule has 4 N–H and O–H groups in total. The number of aromatic amines is 1. The fourth-order valence-corrected chi connectivity index (χ4v) is 3.52. The van der Waals surface area contributed by atoms with E-state index in [0.29, 0.717) is 23.5 Å². The second-order valence-electron chi connectivity index (χ2n) is 6.81. The summed E-state index contributed by atoms with van der Waals surface area (Å²) in [6.07, 6.45) is 4.11. The van der Waals surface area contributed by atoms with Crippen LogP contribution < -0.4 is 11.1 Å². The smallest absolute Gasteiger partial charge is 0.214 e. The van der Waals surface area contributed by atoms with Crippen LogP contribution in [0.1, 0.15) is 21.7 Å². The van der Waals surface area contributed by atoms with Crippen molar-refractivity contribution in [2.45, 2.75) is 13.3 Å². The monoisotopic (exact) mass is 370 g/mol. The van der Waals surface area contributed by atoms with Crippen LogP contribution in [0.2, 0.25) is 0 Å². The van der Waals surface area contributed by atoms with E-state index in [9.17, 15) is 4.79 Å². The molecule has 0 bridgehead atoms. The number of carbonyl (C=O) groups excluding carboxylic acids is 1. The number of fused-ring (bicyclic) bond motifs is 2. The van der Waals surface area contributed by atoms with Gasteiger partial charge in [0, 0.05) is 5.69 Å². The van der Waals surface area contributed by atoms with Gasteiger partial charge in [0.1, 0.15) is 11.6 Å². The quantitative estimate of drug-likeness (QED) is 0.480. The van der Waals surface area contributed by atoms with Crippen LogP contribution >= 0.6 is 0 Å². The highest BCUT2D eigenvalue weighted by atomic mass is 16.1. The first kappa shape index (κ1) is 16.3. The molecular formula is C21H18N6O. The molecule has 138 valence electrons. The second kappa shape index (κ2) is 6.09. The van der Waals surface area contributed by atoms with Crippen LogP contribution in [0, 0.1) is 6.92 Å². The fourth-order valence-electron chi connectivity index (χ4n) is 3.52. The highest BCUT2D eigenvalue weighted by Gasteiger charge is 2.22. The Bertz CT molecular complexity index is 1260. The zero-order valence-corrected chi connectivity index (χ0v) is 15.2. The van der Waals surface area contributed by atoms with Crippen LogP contribution in [-0.4, -0.2) is 25.5 Å². The number of aromatic nitrogens is 4. The SMILES string of the molecule is Cc1nc2ccc(-n3ncc(C(=O)C4=CCc5ccccc5N4)c3N)cc2[nH]1. The highest BCUT2D eigenvalue weighted by Crippen LogP contribution is 2.27.